The van der Waals surface area contributed by atoms with Gasteiger partial charge in [0.15, 0.2) is 0 Å². The second-order valence-corrected chi connectivity index (χ2v) is 6.95. The minimum absolute atomic E-state index is 0.507. The van der Waals surface area contributed by atoms with Crippen LogP contribution in [0.1, 0.15) is 22.8 Å². The zero-order chi connectivity index (χ0) is 15.7. The summed E-state index contributed by atoms with van der Waals surface area (Å²) >= 11 is 1.86. The van der Waals surface area contributed by atoms with Crippen LogP contribution in [0.4, 0.5) is 0 Å². The van der Waals surface area contributed by atoms with Crippen molar-refractivity contribution in [2.24, 2.45) is 0 Å². The first-order chi connectivity index (χ1) is 11.4. The molecule has 0 saturated carbocycles. The minimum atomic E-state index is 0.507. The Balaban J connectivity index is 1.45. The third-order valence-corrected chi connectivity index (χ3v) is 5.39. The molecule has 0 amide bonds. The van der Waals surface area contributed by atoms with Crippen LogP contribution < -0.4 is 5.32 Å². The Hall–Kier alpha value is -1.20. The van der Waals surface area contributed by atoms with E-state index in [1.54, 1.807) is 0 Å². The Bertz CT molecular complexity index is 538. The first kappa shape index (κ1) is 16.7. The van der Waals surface area contributed by atoms with Gasteiger partial charge in [-0.3, -0.25) is 4.90 Å². The summed E-state index contributed by atoms with van der Waals surface area (Å²) in [5, 5.41) is 5.79. The van der Waals surface area contributed by atoms with Gasteiger partial charge in [-0.2, -0.15) is 0 Å². The SMILES string of the molecule is c1ccc(C(CCNCCN2CCOCC2)c2cccs2)cc1. The van der Waals surface area contributed by atoms with Gasteiger partial charge in [0.1, 0.15) is 0 Å². The summed E-state index contributed by atoms with van der Waals surface area (Å²) in [5.41, 5.74) is 1.42. The van der Waals surface area contributed by atoms with Gasteiger partial charge in [-0.1, -0.05) is 36.4 Å². The van der Waals surface area contributed by atoms with Gasteiger partial charge in [0.2, 0.25) is 0 Å². The van der Waals surface area contributed by atoms with Crippen molar-refractivity contribution >= 4 is 11.3 Å². The van der Waals surface area contributed by atoms with Crippen molar-refractivity contribution in [3.05, 3.63) is 58.3 Å². The molecule has 3 nitrogen and oxygen atoms in total. The molecule has 4 heteroatoms. The predicted octanol–water partition coefficient (Wildman–Crippen LogP) is 3.19. The molecule has 3 rings (SSSR count). The molecule has 1 aromatic carbocycles. The van der Waals surface area contributed by atoms with Crippen LogP contribution in [-0.4, -0.2) is 50.8 Å². The number of ether oxygens (including phenoxy) is 1. The maximum Gasteiger partial charge on any atom is 0.0594 e. The number of rotatable bonds is 8. The molecule has 0 radical (unpaired) electrons. The molecule has 23 heavy (non-hydrogen) atoms. The number of thiophene rings is 1. The van der Waals surface area contributed by atoms with E-state index in [-0.39, 0.29) is 0 Å². The summed E-state index contributed by atoms with van der Waals surface area (Å²) in [5.74, 6) is 0.507. The van der Waals surface area contributed by atoms with E-state index in [9.17, 15) is 0 Å². The van der Waals surface area contributed by atoms with E-state index in [1.165, 1.54) is 10.4 Å². The zero-order valence-electron chi connectivity index (χ0n) is 13.6. The van der Waals surface area contributed by atoms with Gasteiger partial charge in [0.25, 0.3) is 0 Å². The third-order valence-electron chi connectivity index (χ3n) is 4.41. The minimum Gasteiger partial charge on any atom is -0.379 e. The van der Waals surface area contributed by atoms with E-state index >= 15 is 0 Å². The summed E-state index contributed by atoms with van der Waals surface area (Å²) in [6.45, 7) is 7.15. The molecule has 0 spiro atoms. The molecule has 1 fully saturated rings. The predicted molar refractivity (Wildman–Crippen MR) is 97.3 cm³/mol. The van der Waals surface area contributed by atoms with E-state index in [2.05, 4.69) is 58.1 Å². The summed E-state index contributed by atoms with van der Waals surface area (Å²) in [6.07, 6.45) is 1.15. The molecule has 1 N–H and O–H groups in total. The maximum atomic E-state index is 5.39. The summed E-state index contributed by atoms with van der Waals surface area (Å²) in [7, 11) is 0. The topological polar surface area (TPSA) is 24.5 Å². The number of hydrogen-bond donors (Lipinski definition) is 1. The average Bonchev–Trinajstić information content (AvgIpc) is 3.14. The molecule has 0 aliphatic carbocycles. The highest BCUT2D eigenvalue weighted by Gasteiger charge is 2.15. The fourth-order valence-electron chi connectivity index (χ4n) is 3.08. The molecule has 1 aromatic heterocycles. The number of morpholine rings is 1. The van der Waals surface area contributed by atoms with Gasteiger partial charge in [-0.15, -0.1) is 11.3 Å². The van der Waals surface area contributed by atoms with Crippen molar-refractivity contribution in [2.45, 2.75) is 12.3 Å². The molecule has 2 aromatic rings. The molecule has 2 heterocycles. The monoisotopic (exact) mass is 330 g/mol. The van der Waals surface area contributed by atoms with Crippen molar-refractivity contribution in [3.63, 3.8) is 0 Å². The zero-order valence-corrected chi connectivity index (χ0v) is 14.4. The third kappa shape index (κ3) is 5.15. The first-order valence-corrected chi connectivity index (χ1v) is 9.40. The van der Waals surface area contributed by atoms with Crippen molar-refractivity contribution in [2.75, 3.05) is 45.9 Å². The standard InChI is InChI=1S/C19H26N2OS/c1-2-5-17(6-3-1)18(19-7-4-16-23-19)8-9-20-10-11-21-12-14-22-15-13-21/h1-7,16,18,20H,8-15H2. The van der Waals surface area contributed by atoms with Crippen LogP contribution in [-0.2, 0) is 4.74 Å². The fourth-order valence-corrected chi connectivity index (χ4v) is 3.97. The van der Waals surface area contributed by atoms with Crippen molar-refractivity contribution in [1.29, 1.82) is 0 Å². The summed E-state index contributed by atoms with van der Waals surface area (Å²) in [4.78, 5) is 3.94. The normalized spacial score (nSPS) is 17.2. The van der Waals surface area contributed by atoms with Crippen molar-refractivity contribution < 1.29 is 4.74 Å². The second-order valence-electron chi connectivity index (χ2n) is 5.97. The number of hydrogen-bond acceptors (Lipinski definition) is 4. The fraction of sp³-hybridized carbons (Fsp3) is 0.474. The van der Waals surface area contributed by atoms with Gasteiger partial charge in [0, 0.05) is 37.0 Å². The highest BCUT2D eigenvalue weighted by Crippen LogP contribution is 2.30. The van der Waals surface area contributed by atoms with E-state index < -0.39 is 0 Å². The Morgan fingerprint density at radius 2 is 1.87 bits per heavy atom. The number of benzene rings is 1. The Kier molecular flexibility index (Phi) is 6.65. The van der Waals surface area contributed by atoms with Crippen LogP contribution in [0, 0.1) is 0 Å². The molecule has 1 unspecified atom stereocenters. The molecule has 0 bridgehead atoms. The van der Waals surface area contributed by atoms with E-state index in [0.29, 0.717) is 5.92 Å². The average molecular weight is 330 g/mol. The number of nitrogens with zero attached hydrogens (tertiary/aromatic N) is 1. The Morgan fingerprint density at radius 3 is 2.61 bits per heavy atom. The lowest BCUT2D eigenvalue weighted by atomic mass is 9.94. The summed E-state index contributed by atoms with van der Waals surface area (Å²) in [6, 6.07) is 15.3. The van der Waals surface area contributed by atoms with E-state index in [4.69, 9.17) is 4.74 Å². The van der Waals surface area contributed by atoms with Crippen LogP contribution in [0.5, 0.6) is 0 Å². The van der Waals surface area contributed by atoms with Gasteiger partial charge in [-0.25, -0.2) is 0 Å². The lowest BCUT2D eigenvalue weighted by Gasteiger charge is -2.26. The van der Waals surface area contributed by atoms with E-state index in [1.807, 2.05) is 11.3 Å². The van der Waals surface area contributed by atoms with Crippen molar-refractivity contribution in [1.82, 2.24) is 10.2 Å². The molecule has 1 atom stereocenters. The molecule has 1 aliphatic heterocycles. The van der Waals surface area contributed by atoms with Crippen LogP contribution in [0.3, 0.4) is 0 Å². The van der Waals surface area contributed by atoms with E-state index in [0.717, 1.165) is 52.4 Å². The molecular formula is C19H26N2OS. The first-order valence-electron chi connectivity index (χ1n) is 8.52. The number of nitrogens with one attached hydrogen (secondary N) is 1. The van der Waals surface area contributed by atoms with Crippen LogP contribution in [0.2, 0.25) is 0 Å². The quantitative estimate of drug-likeness (QED) is 0.752. The largest absolute Gasteiger partial charge is 0.379 e. The molecular weight excluding hydrogens is 304 g/mol. The lowest BCUT2D eigenvalue weighted by molar-refractivity contribution is 0.0384. The van der Waals surface area contributed by atoms with Crippen LogP contribution >= 0.6 is 11.3 Å². The van der Waals surface area contributed by atoms with Crippen LogP contribution in [0.25, 0.3) is 0 Å². The Labute approximate surface area is 143 Å². The highest BCUT2D eigenvalue weighted by atomic mass is 32.1. The molecule has 1 saturated heterocycles. The highest BCUT2D eigenvalue weighted by molar-refractivity contribution is 7.10. The summed E-state index contributed by atoms with van der Waals surface area (Å²) < 4.78 is 5.39. The van der Waals surface area contributed by atoms with Gasteiger partial charge in [0.05, 0.1) is 13.2 Å². The van der Waals surface area contributed by atoms with Gasteiger partial charge in [-0.05, 0) is 30.0 Å². The molecule has 1 aliphatic rings. The lowest BCUT2D eigenvalue weighted by Crippen LogP contribution is -2.40. The van der Waals surface area contributed by atoms with Gasteiger partial charge < -0.3 is 10.1 Å². The Morgan fingerprint density at radius 1 is 1.04 bits per heavy atom. The molecule has 124 valence electrons. The maximum absolute atomic E-state index is 5.39. The van der Waals surface area contributed by atoms with Gasteiger partial charge >= 0.3 is 0 Å². The van der Waals surface area contributed by atoms with Crippen LogP contribution in [0.15, 0.2) is 47.8 Å². The second kappa shape index (κ2) is 9.18. The van der Waals surface area contributed by atoms with Crippen molar-refractivity contribution in [3.8, 4) is 0 Å². The smallest absolute Gasteiger partial charge is 0.0594 e.